The highest BCUT2D eigenvalue weighted by Crippen LogP contribution is 2.25. The number of rotatable bonds is 3. The fraction of sp³-hybridized carbons (Fsp3) is 0.222. The molecule has 0 aliphatic heterocycles. The first kappa shape index (κ1) is 12.0. The molecule has 1 aromatic heterocycles. The average Bonchev–Trinajstić information content (AvgIpc) is 2.26. The largest absolute Gasteiger partial charge is 0.476 e. The van der Waals surface area contributed by atoms with Crippen molar-refractivity contribution in [3.8, 4) is 6.07 Å². The summed E-state index contributed by atoms with van der Waals surface area (Å²) in [7, 11) is 0. The number of pyridine rings is 1. The van der Waals surface area contributed by atoms with Crippen molar-refractivity contribution in [3.05, 3.63) is 28.6 Å². The summed E-state index contributed by atoms with van der Waals surface area (Å²) in [6, 6.07) is 1.54. The lowest BCUT2D eigenvalue weighted by Gasteiger charge is -2.09. The predicted octanol–water partition coefficient (Wildman–Crippen LogP) is 1.05. The molecule has 0 saturated heterocycles. The topological polar surface area (TPSA) is 100 Å². The number of nitrogens with two attached hydrogens (primary N) is 1. The van der Waals surface area contributed by atoms with Crippen LogP contribution in [0.15, 0.2) is 6.20 Å². The van der Waals surface area contributed by atoms with Gasteiger partial charge >= 0.3 is 5.97 Å². The van der Waals surface area contributed by atoms with Crippen LogP contribution in [0.2, 0.25) is 0 Å². The molecule has 0 spiro atoms. The minimum absolute atomic E-state index is 0.176. The van der Waals surface area contributed by atoms with Crippen molar-refractivity contribution in [3.63, 3.8) is 0 Å². The number of nitriles is 1. The molecule has 0 atom stereocenters. The molecule has 5 nitrogen and oxygen atoms in total. The number of aromatic nitrogens is 1. The number of carboxylic acid groups (broad SMARTS) is 1. The van der Waals surface area contributed by atoms with Crippen LogP contribution in [-0.4, -0.2) is 16.1 Å². The van der Waals surface area contributed by atoms with Crippen LogP contribution >= 0.6 is 0 Å². The Morgan fingerprint density at radius 1 is 1.69 bits per heavy atom. The van der Waals surface area contributed by atoms with Gasteiger partial charge in [-0.2, -0.15) is 5.26 Å². The van der Waals surface area contributed by atoms with Crippen molar-refractivity contribution in [1.82, 2.24) is 4.98 Å². The van der Waals surface area contributed by atoms with Gasteiger partial charge in [-0.25, -0.2) is 18.6 Å². The molecule has 0 aromatic carbocycles. The highest BCUT2D eigenvalue weighted by Gasteiger charge is 2.22. The van der Waals surface area contributed by atoms with E-state index in [1.807, 2.05) is 0 Å². The molecule has 0 amide bonds. The zero-order valence-corrected chi connectivity index (χ0v) is 7.94. The lowest BCUT2D eigenvalue weighted by molar-refractivity contribution is 0.0689. The van der Waals surface area contributed by atoms with Crippen LogP contribution < -0.4 is 5.73 Å². The summed E-state index contributed by atoms with van der Waals surface area (Å²) < 4.78 is 25.0. The number of aromatic carboxylic acids is 1. The Bertz CT molecular complexity index is 469. The number of hydrogen-bond donors (Lipinski definition) is 2. The minimum atomic E-state index is -2.85. The van der Waals surface area contributed by atoms with Crippen molar-refractivity contribution in [1.29, 1.82) is 5.26 Å². The van der Waals surface area contributed by atoms with Gasteiger partial charge in [0.2, 0.25) is 0 Å². The number of carbonyl (C=O) groups is 1. The van der Waals surface area contributed by atoms with Gasteiger partial charge in [0, 0.05) is 18.3 Å². The molecule has 3 N–H and O–H groups in total. The van der Waals surface area contributed by atoms with Gasteiger partial charge in [-0.05, 0) is 5.56 Å². The van der Waals surface area contributed by atoms with Gasteiger partial charge < -0.3 is 10.8 Å². The second kappa shape index (κ2) is 4.63. The molecule has 7 heteroatoms. The molecule has 0 saturated carbocycles. The molecule has 1 aromatic rings. The molecule has 84 valence electrons. The Morgan fingerprint density at radius 3 is 2.69 bits per heavy atom. The van der Waals surface area contributed by atoms with Crippen molar-refractivity contribution >= 4 is 5.97 Å². The molecule has 0 fully saturated rings. The van der Waals surface area contributed by atoms with E-state index in [4.69, 9.17) is 16.1 Å². The van der Waals surface area contributed by atoms with Crippen molar-refractivity contribution in [2.24, 2.45) is 5.73 Å². The molecule has 0 unspecified atom stereocenters. The molecule has 0 radical (unpaired) electrons. The summed E-state index contributed by atoms with van der Waals surface area (Å²) in [5.74, 6) is -1.45. The number of nitrogens with zero attached hydrogens (tertiary/aromatic N) is 2. The third-order valence-corrected chi connectivity index (χ3v) is 1.97. The molecular formula is C9H7F2N3O2. The second-order valence-corrected chi connectivity index (χ2v) is 2.84. The first-order valence-electron chi connectivity index (χ1n) is 4.16. The smallest absolute Gasteiger partial charge is 0.355 e. The SMILES string of the molecule is N#Cc1c(C(=O)O)ncc(C(F)F)c1CN. The highest BCUT2D eigenvalue weighted by atomic mass is 19.3. The van der Waals surface area contributed by atoms with E-state index in [9.17, 15) is 13.6 Å². The molecular weight excluding hydrogens is 220 g/mol. The van der Waals surface area contributed by atoms with Crippen molar-refractivity contribution in [2.75, 3.05) is 0 Å². The zero-order chi connectivity index (χ0) is 12.3. The fourth-order valence-electron chi connectivity index (χ4n) is 1.25. The van der Waals surface area contributed by atoms with Gasteiger partial charge in [0.25, 0.3) is 6.43 Å². The van der Waals surface area contributed by atoms with Crippen molar-refractivity contribution in [2.45, 2.75) is 13.0 Å². The summed E-state index contributed by atoms with van der Waals surface area (Å²) in [5, 5.41) is 17.4. The summed E-state index contributed by atoms with van der Waals surface area (Å²) >= 11 is 0. The van der Waals surface area contributed by atoms with Gasteiger partial charge in [0.05, 0.1) is 5.56 Å². The molecule has 16 heavy (non-hydrogen) atoms. The van der Waals surface area contributed by atoms with Crippen LogP contribution in [0, 0.1) is 11.3 Å². The molecule has 1 rings (SSSR count). The van der Waals surface area contributed by atoms with Crippen molar-refractivity contribution < 1.29 is 18.7 Å². The van der Waals surface area contributed by atoms with E-state index in [1.54, 1.807) is 0 Å². The van der Waals surface area contributed by atoms with Crippen LogP contribution in [-0.2, 0) is 6.54 Å². The van der Waals surface area contributed by atoms with Gasteiger partial charge in [0.15, 0.2) is 5.69 Å². The Balaban J connectivity index is 3.54. The number of halogens is 2. The highest BCUT2D eigenvalue weighted by molar-refractivity contribution is 5.88. The normalized spacial score (nSPS) is 10.2. The van der Waals surface area contributed by atoms with Gasteiger partial charge in [-0.15, -0.1) is 0 Å². The summed E-state index contributed by atoms with van der Waals surface area (Å²) in [4.78, 5) is 14.0. The number of alkyl halides is 2. The number of carboxylic acids is 1. The van der Waals surface area contributed by atoms with Crippen LogP contribution in [0.3, 0.4) is 0 Å². The lowest BCUT2D eigenvalue weighted by atomic mass is 10.0. The Morgan fingerprint density at radius 2 is 2.31 bits per heavy atom. The van der Waals surface area contributed by atoms with Crippen LogP contribution in [0.25, 0.3) is 0 Å². The third-order valence-electron chi connectivity index (χ3n) is 1.97. The monoisotopic (exact) mass is 227 g/mol. The molecule has 0 bridgehead atoms. The predicted molar refractivity (Wildman–Crippen MR) is 48.8 cm³/mol. The third kappa shape index (κ3) is 1.97. The standard InChI is InChI=1S/C9H7F2N3O2/c10-8(11)6-3-14-7(9(15)16)5(2-13)4(6)1-12/h3,8H,1,12H2,(H,15,16). The molecule has 0 aliphatic carbocycles. The maximum atomic E-state index is 12.5. The van der Waals surface area contributed by atoms with E-state index in [0.29, 0.717) is 0 Å². The second-order valence-electron chi connectivity index (χ2n) is 2.84. The van der Waals surface area contributed by atoms with E-state index >= 15 is 0 Å². The van der Waals surface area contributed by atoms with Crippen LogP contribution in [0.5, 0.6) is 0 Å². The zero-order valence-electron chi connectivity index (χ0n) is 7.94. The quantitative estimate of drug-likeness (QED) is 0.803. The van der Waals surface area contributed by atoms with E-state index in [-0.39, 0.29) is 12.1 Å². The first-order valence-corrected chi connectivity index (χ1v) is 4.16. The summed E-state index contributed by atoms with van der Waals surface area (Å²) in [6.45, 7) is -0.342. The van der Waals surface area contributed by atoms with Crippen LogP contribution in [0.1, 0.15) is 33.6 Å². The number of hydrogen-bond acceptors (Lipinski definition) is 4. The maximum absolute atomic E-state index is 12.5. The fourth-order valence-corrected chi connectivity index (χ4v) is 1.25. The molecule has 1 heterocycles. The van der Waals surface area contributed by atoms with Gasteiger partial charge in [-0.1, -0.05) is 0 Å². The average molecular weight is 227 g/mol. The van der Waals surface area contributed by atoms with Crippen LogP contribution in [0.4, 0.5) is 8.78 Å². The van der Waals surface area contributed by atoms with Gasteiger partial charge in [0.1, 0.15) is 6.07 Å². The Kier molecular flexibility index (Phi) is 3.48. The van der Waals surface area contributed by atoms with E-state index in [1.165, 1.54) is 6.07 Å². The summed E-state index contributed by atoms with van der Waals surface area (Å²) in [6.07, 6.45) is -2.11. The van der Waals surface area contributed by atoms with Gasteiger partial charge in [-0.3, -0.25) is 0 Å². The van der Waals surface area contributed by atoms with E-state index in [0.717, 1.165) is 6.20 Å². The molecule has 0 aliphatic rings. The van der Waals surface area contributed by atoms with E-state index in [2.05, 4.69) is 4.98 Å². The minimum Gasteiger partial charge on any atom is -0.476 e. The lowest BCUT2D eigenvalue weighted by Crippen LogP contribution is -2.12. The first-order chi connectivity index (χ1) is 7.52. The van der Waals surface area contributed by atoms with E-state index < -0.39 is 29.2 Å². The Labute approximate surface area is 89.1 Å². The maximum Gasteiger partial charge on any atom is 0.355 e. The Hall–Kier alpha value is -2.07. The summed E-state index contributed by atoms with van der Waals surface area (Å²) in [5.41, 5.74) is 3.57.